The molecule has 0 saturated carbocycles. The number of hydrogen-bond donors (Lipinski definition) is 2. The van der Waals surface area contributed by atoms with Crippen molar-refractivity contribution in [2.24, 2.45) is 7.05 Å². The molecule has 9 heteroatoms. The summed E-state index contributed by atoms with van der Waals surface area (Å²) >= 11 is 5.91. The van der Waals surface area contributed by atoms with E-state index in [1.54, 1.807) is 61.1 Å². The van der Waals surface area contributed by atoms with Gasteiger partial charge in [-0.25, -0.2) is 4.68 Å². The third-order valence-corrected chi connectivity index (χ3v) is 5.60. The van der Waals surface area contributed by atoms with E-state index in [1.807, 2.05) is 30.3 Å². The summed E-state index contributed by atoms with van der Waals surface area (Å²) in [6.07, 6.45) is 0. The van der Waals surface area contributed by atoms with Crippen LogP contribution in [0.5, 0.6) is 5.75 Å². The molecule has 178 valence electrons. The summed E-state index contributed by atoms with van der Waals surface area (Å²) in [5.41, 5.74) is 1.84. The molecule has 0 atom stereocenters. The predicted octanol–water partition coefficient (Wildman–Crippen LogP) is 4.41. The number of halogens is 1. The van der Waals surface area contributed by atoms with Crippen LogP contribution in [0.4, 0.5) is 11.4 Å². The van der Waals surface area contributed by atoms with Crippen molar-refractivity contribution in [3.05, 3.63) is 105 Å². The maximum atomic E-state index is 13.0. The molecular weight excluding hydrogens is 468 g/mol. The molecule has 0 spiro atoms. The van der Waals surface area contributed by atoms with Crippen LogP contribution in [0, 0.1) is 6.92 Å². The fraction of sp³-hybridized carbons (Fsp3) is 0.115. The van der Waals surface area contributed by atoms with E-state index in [-0.39, 0.29) is 23.4 Å². The van der Waals surface area contributed by atoms with Gasteiger partial charge in [0, 0.05) is 23.3 Å². The molecule has 0 fully saturated rings. The number of amides is 2. The number of carbonyl (C=O) groups excluding carboxylic acids is 2. The smallest absolute Gasteiger partial charge is 0.295 e. The molecule has 35 heavy (non-hydrogen) atoms. The number of benzene rings is 3. The number of hydrogen-bond acceptors (Lipinski definition) is 4. The number of carbonyl (C=O) groups is 2. The lowest BCUT2D eigenvalue weighted by atomic mass is 10.2. The fourth-order valence-corrected chi connectivity index (χ4v) is 3.72. The Labute approximate surface area is 206 Å². The number of para-hydroxylation sites is 1. The van der Waals surface area contributed by atoms with Gasteiger partial charge >= 0.3 is 0 Å². The number of nitrogens with zero attached hydrogens (tertiary/aromatic N) is 2. The summed E-state index contributed by atoms with van der Waals surface area (Å²) in [5.74, 6) is -0.394. The second kappa shape index (κ2) is 10.3. The van der Waals surface area contributed by atoms with Crippen molar-refractivity contribution in [3.8, 4) is 11.4 Å². The molecule has 8 nitrogen and oxygen atoms in total. The minimum atomic E-state index is -0.470. The molecule has 0 radical (unpaired) electrons. The van der Waals surface area contributed by atoms with Crippen molar-refractivity contribution in [2.45, 2.75) is 6.92 Å². The van der Waals surface area contributed by atoms with Crippen LogP contribution in [0.25, 0.3) is 5.69 Å². The third-order valence-electron chi connectivity index (χ3n) is 5.37. The summed E-state index contributed by atoms with van der Waals surface area (Å²) in [5, 5.41) is 5.92. The topological polar surface area (TPSA) is 94.4 Å². The van der Waals surface area contributed by atoms with E-state index in [9.17, 15) is 14.4 Å². The number of aromatic nitrogens is 2. The zero-order chi connectivity index (χ0) is 24.9. The van der Waals surface area contributed by atoms with E-state index in [1.165, 1.54) is 10.7 Å². The minimum absolute atomic E-state index is 0.186. The molecule has 4 rings (SSSR count). The molecule has 0 unspecified atom stereocenters. The van der Waals surface area contributed by atoms with Crippen molar-refractivity contribution in [1.82, 2.24) is 9.36 Å². The van der Waals surface area contributed by atoms with E-state index in [2.05, 4.69) is 10.6 Å². The Kier molecular flexibility index (Phi) is 7.03. The molecule has 1 aromatic heterocycles. The standard InChI is InChI=1S/C26H23ClN4O4/c1-17-24(26(34)31(30(17)2)21-11-4-3-5-12-21)29-25(33)18-8-6-10-20(14-18)28-23(32)16-35-22-13-7-9-19(27)15-22/h3-15H,16H2,1-2H3,(H,28,32)(H,29,33). The van der Waals surface area contributed by atoms with Gasteiger partial charge in [-0.15, -0.1) is 0 Å². The van der Waals surface area contributed by atoms with Crippen LogP contribution in [0.2, 0.25) is 5.02 Å². The first kappa shape index (κ1) is 23.8. The summed E-state index contributed by atoms with van der Waals surface area (Å²) in [6.45, 7) is 1.53. The first-order valence-corrected chi connectivity index (χ1v) is 11.1. The second-order valence-electron chi connectivity index (χ2n) is 7.77. The van der Waals surface area contributed by atoms with E-state index in [0.717, 1.165) is 0 Å². The molecule has 0 bridgehead atoms. The molecular formula is C26H23ClN4O4. The Hall–Kier alpha value is -4.30. The van der Waals surface area contributed by atoms with Crippen LogP contribution >= 0.6 is 11.6 Å². The van der Waals surface area contributed by atoms with Crippen LogP contribution in [0.3, 0.4) is 0 Å². The van der Waals surface area contributed by atoms with Crippen molar-refractivity contribution < 1.29 is 14.3 Å². The first-order valence-electron chi connectivity index (χ1n) is 10.8. The van der Waals surface area contributed by atoms with Crippen LogP contribution in [0.15, 0.2) is 83.7 Å². The average Bonchev–Trinajstić information content (AvgIpc) is 3.06. The highest BCUT2D eigenvalue weighted by molar-refractivity contribution is 6.30. The molecule has 0 aliphatic rings. The normalized spacial score (nSPS) is 10.6. The zero-order valence-electron chi connectivity index (χ0n) is 19.1. The maximum absolute atomic E-state index is 13.0. The van der Waals surface area contributed by atoms with Crippen molar-refractivity contribution in [2.75, 3.05) is 17.2 Å². The molecule has 2 N–H and O–H groups in total. The second-order valence-corrected chi connectivity index (χ2v) is 8.20. The lowest BCUT2D eigenvalue weighted by Crippen LogP contribution is -2.23. The van der Waals surface area contributed by atoms with Gasteiger partial charge in [-0.05, 0) is 55.5 Å². The average molecular weight is 491 g/mol. The van der Waals surface area contributed by atoms with E-state index < -0.39 is 11.8 Å². The minimum Gasteiger partial charge on any atom is -0.484 e. The molecule has 4 aromatic rings. The molecule has 0 saturated heterocycles. The number of ether oxygens (including phenoxy) is 1. The first-order chi connectivity index (χ1) is 16.8. The highest BCUT2D eigenvalue weighted by Crippen LogP contribution is 2.18. The van der Waals surface area contributed by atoms with Crippen molar-refractivity contribution >= 4 is 34.8 Å². The van der Waals surface area contributed by atoms with Gasteiger partial charge in [-0.2, -0.15) is 0 Å². The Balaban J connectivity index is 1.46. The molecule has 0 aliphatic heterocycles. The largest absolute Gasteiger partial charge is 0.484 e. The molecule has 1 heterocycles. The van der Waals surface area contributed by atoms with Gasteiger partial charge in [0.2, 0.25) is 0 Å². The van der Waals surface area contributed by atoms with Crippen LogP contribution < -0.4 is 20.9 Å². The van der Waals surface area contributed by atoms with Crippen molar-refractivity contribution in [3.63, 3.8) is 0 Å². The summed E-state index contributed by atoms with van der Waals surface area (Å²) in [4.78, 5) is 38.3. The van der Waals surface area contributed by atoms with E-state index in [0.29, 0.717) is 27.8 Å². The van der Waals surface area contributed by atoms with Crippen LogP contribution in [0.1, 0.15) is 16.1 Å². The Morgan fingerprint density at radius 1 is 0.943 bits per heavy atom. The highest BCUT2D eigenvalue weighted by Gasteiger charge is 2.19. The quantitative estimate of drug-likeness (QED) is 0.401. The van der Waals surface area contributed by atoms with E-state index in [4.69, 9.17) is 16.3 Å². The molecule has 2 amide bonds. The van der Waals surface area contributed by atoms with Gasteiger partial charge in [0.25, 0.3) is 17.4 Å². The van der Waals surface area contributed by atoms with E-state index >= 15 is 0 Å². The number of rotatable bonds is 7. The van der Waals surface area contributed by atoms with Gasteiger partial charge in [0.1, 0.15) is 11.4 Å². The summed E-state index contributed by atoms with van der Waals surface area (Å²) in [6, 6.07) is 22.3. The third kappa shape index (κ3) is 5.44. The lowest BCUT2D eigenvalue weighted by molar-refractivity contribution is -0.118. The lowest BCUT2D eigenvalue weighted by Gasteiger charge is -2.09. The number of anilines is 2. The summed E-state index contributed by atoms with van der Waals surface area (Å²) < 4.78 is 8.61. The zero-order valence-corrected chi connectivity index (χ0v) is 19.9. The van der Waals surface area contributed by atoms with Gasteiger partial charge in [0.15, 0.2) is 6.61 Å². The van der Waals surface area contributed by atoms with Gasteiger partial charge < -0.3 is 15.4 Å². The Morgan fingerprint density at radius 2 is 1.69 bits per heavy atom. The van der Waals surface area contributed by atoms with Gasteiger partial charge in [0.05, 0.1) is 11.4 Å². The maximum Gasteiger partial charge on any atom is 0.295 e. The fourth-order valence-electron chi connectivity index (χ4n) is 3.54. The van der Waals surface area contributed by atoms with Gasteiger partial charge in [-0.3, -0.25) is 19.1 Å². The SMILES string of the molecule is Cc1c(NC(=O)c2cccc(NC(=O)COc3cccc(Cl)c3)c2)c(=O)n(-c2ccccc2)n1C. The molecule has 0 aliphatic carbocycles. The summed E-state index contributed by atoms with van der Waals surface area (Å²) in [7, 11) is 1.75. The van der Waals surface area contributed by atoms with Gasteiger partial charge in [-0.1, -0.05) is 41.9 Å². The number of nitrogens with one attached hydrogen (secondary N) is 2. The Morgan fingerprint density at radius 3 is 2.43 bits per heavy atom. The molecule has 3 aromatic carbocycles. The monoisotopic (exact) mass is 490 g/mol. The van der Waals surface area contributed by atoms with Crippen LogP contribution in [-0.2, 0) is 11.8 Å². The predicted molar refractivity (Wildman–Crippen MR) is 136 cm³/mol. The van der Waals surface area contributed by atoms with Crippen LogP contribution in [-0.4, -0.2) is 27.8 Å². The van der Waals surface area contributed by atoms with Crippen molar-refractivity contribution in [1.29, 1.82) is 0 Å². The Bertz CT molecular complexity index is 1440. The highest BCUT2D eigenvalue weighted by atomic mass is 35.5.